The van der Waals surface area contributed by atoms with Crippen molar-refractivity contribution in [2.24, 2.45) is 0 Å². The van der Waals surface area contributed by atoms with Crippen molar-refractivity contribution < 1.29 is 44.3 Å². The molecule has 0 saturated carbocycles. The predicted octanol–water partition coefficient (Wildman–Crippen LogP) is 4.85. The maximum absolute atomic E-state index is 13.0. The van der Waals surface area contributed by atoms with Crippen LogP contribution in [0.4, 0.5) is 30.7 Å². The summed E-state index contributed by atoms with van der Waals surface area (Å²) in [5, 5.41) is 0. The van der Waals surface area contributed by atoms with Crippen LogP contribution in [0, 0.1) is 0 Å². The van der Waals surface area contributed by atoms with E-state index in [0.29, 0.717) is 19.3 Å². The molecule has 3 atom stereocenters. The molecule has 24 heavy (non-hydrogen) atoms. The van der Waals surface area contributed by atoms with Crippen molar-refractivity contribution in [3.05, 3.63) is 0 Å². The van der Waals surface area contributed by atoms with Gasteiger partial charge in [-0.05, 0) is 26.7 Å². The molecule has 4 nitrogen and oxygen atoms in total. The maximum Gasteiger partial charge on any atom is 0.412 e. The third kappa shape index (κ3) is 5.86. The minimum absolute atomic E-state index is 0.429. The first-order valence-corrected chi connectivity index (χ1v) is 8.69. The second-order valence-electron chi connectivity index (χ2n) is 5.70. The lowest BCUT2D eigenvalue weighted by atomic mass is 10.0. The Labute approximate surface area is 134 Å². The highest BCUT2D eigenvalue weighted by atomic mass is 31.2. The van der Waals surface area contributed by atoms with E-state index in [1.165, 1.54) is 13.8 Å². The molecular weight excluding hydrogens is 370 g/mol. The van der Waals surface area contributed by atoms with Crippen molar-refractivity contribution in [3.63, 3.8) is 0 Å². The first-order chi connectivity index (χ1) is 10.8. The Hall–Kier alpha value is -0.380. The summed E-state index contributed by atoms with van der Waals surface area (Å²) in [5.74, 6) is -4.65. The molecule has 0 aromatic carbocycles. The number of alkyl halides is 7. The van der Waals surface area contributed by atoms with Crippen LogP contribution in [0.5, 0.6) is 0 Å². The molecule has 0 aromatic heterocycles. The van der Waals surface area contributed by atoms with Crippen molar-refractivity contribution in [3.8, 4) is 0 Å². The molecule has 144 valence electrons. The first kappa shape index (κ1) is 21.7. The fraction of sp³-hybridized carbons (Fsp3) is 1.00. The number of hydrogen-bond donors (Lipinski definition) is 0. The third-order valence-electron chi connectivity index (χ3n) is 3.56. The SMILES string of the molecule is CC1CCCC(C)N1P(=O)(OCC(F)(F)F)OCC(F)(F)C(F)F. The van der Waals surface area contributed by atoms with Crippen LogP contribution in [-0.2, 0) is 13.6 Å². The van der Waals surface area contributed by atoms with Crippen LogP contribution in [0.25, 0.3) is 0 Å². The number of hydrogen-bond acceptors (Lipinski definition) is 3. The van der Waals surface area contributed by atoms with Crippen molar-refractivity contribution in [2.45, 2.75) is 63.7 Å². The zero-order valence-electron chi connectivity index (χ0n) is 13.0. The first-order valence-electron chi connectivity index (χ1n) is 7.19. The molecule has 0 aliphatic carbocycles. The lowest BCUT2D eigenvalue weighted by Crippen LogP contribution is -2.43. The van der Waals surface area contributed by atoms with Crippen LogP contribution in [0.15, 0.2) is 0 Å². The summed E-state index contributed by atoms with van der Waals surface area (Å²) in [6, 6.07) is -1.15. The van der Waals surface area contributed by atoms with E-state index in [4.69, 9.17) is 0 Å². The molecule has 12 heteroatoms. The second kappa shape index (κ2) is 7.88. The quantitative estimate of drug-likeness (QED) is 0.461. The van der Waals surface area contributed by atoms with E-state index in [1.807, 2.05) is 0 Å². The Morgan fingerprint density at radius 2 is 1.50 bits per heavy atom. The van der Waals surface area contributed by atoms with Crippen LogP contribution >= 0.6 is 7.75 Å². The smallest absolute Gasteiger partial charge is 0.290 e. The highest BCUT2D eigenvalue weighted by Gasteiger charge is 2.49. The second-order valence-corrected chi connectivity index (χ2v) is 7.62. The summed E-state index contributed by atoms with van der Waals surface area (Å²) in [6.07, 6.45) is -7.45. The zero-order valence-corrected chi connectivity index (χ0v) is 13.9. The van der Waals surface area contributed by atoms with E-state index in [2.05, 4.69) is 9.05 Å². The minimum Gasteiger partial charge on any atom is -0.290 e. The Morgan fingerprint density at radius 3 is 1.92 bits per heavy atom. The Kier molecular flexibility index (Phi) is 7.12. The summed E-state index contributed by atoms with van der Waals surface area (Å²) < 4.78 is 110. The summed E-state index contributed by atoms with van der Waals surface area (Å²) in [6.45, 7) is -0.960. The molecule has 0 radical (unpaired) electrons. The van der Waals surface area contributed by atoms with E-state index in [1.54, 1.807) is 0 Å². The van der Waals surface area contributed by atoms with Crippen LogP contribution < -0.4 is 0 Å². The molecular formula is C12H19F7NO3P. The van der Waals surface area contributed by atoms with Crippen LogP contribution in [-0.4, -0.2) is 48.5 Å². The van der Waals surface area contributed by atoms with Crippen molar-refractivity contribution in [1.29, 1.82) is 0 Å². The van der Waals surface area contributed by atoms with Crippen LogP contribution in [0.2, 0.25) is 0 Å². The van der Waals surface area contributed by atoms with E-state index < -0.39 is 51.6 Å². The highest BCUT2D eigenvalue weighted by molar-refractivity contribution is 7.51. The normalized spacial score (nSPS) is 26.6. The van der Waals surface area contributed by atoms with Gasteiger partial charge in [-0.25, -0.2) is 18.0 Å². The number of rotatable bonds is 7. The van der Waals surface area contributed by atoms with Gasteiger partial charge < -0.3 is 0 Å². The average molecular weight is 389 g/mol. The molecule has 3 unspecified atom stereocenters. The zero-order chi connectivity index (χ0) is 18.8. The number of halogens is 7. The Bertz CT molecular complexity index is 450. The molecule has 0 N–H and O–H groups in total. The van der Waals surface area contributed by atoms with Gasteiger partial charge >= 0.3 is 26.3 Å². The lowest BCUT2D eigenvalue weighted by Gasteiger charge is -2.42. The molecule has 0 aromatic rings. The molecule has 1 rings (SSSR count). The highest BCUT2D eigenvalue weighted by Crippen LogP contribution is 2.57. The fourth-order valence-corrected chi connectivity index (χ4v) is 4.63. The molecule has 1 heterocycles. The van der Waals surface area contributed by atoms with E-state index in [0.717, 1.165) is 4.67 Å². The van der Waals surface area contributed by atoms with Gasteiger partial charge in [-0.15, -0.1) is 0 Å². The molecule has 1 saturated heterocycles. The minimum atomic E-state index is -4.88. The molecule has 1 aliphatic rings. The maximum atomic E-state index is 13.0. The average Bonchev–Trinajstić information content (AvgIpc) is 2.42. The lowest BCUT2D eigenvalue weighted by molar-refractivity contribution is -0.165. The van der Waals surface area contributed by atoms with E-state index in [-0.39, 0.29) is 0 Å². The van der Waals surface area contributed by atoms with Gasteiger partial charge in [-0.1, -0.05) is 6.42 Å². The molecule has 1 fully saturated rings. The topological polar surface area (TPSA) is 38.8 Å². The van der Waals surface area contributed by atoms with Gasteiger partial charge in [-0.3, -0.25) is 9.05 Å². The van der Waals surface area contributed by atoms with Gasteiger partial charge in [0.2, 0.25) is 0 Å². The third-order valence-corrected chi connectivity index (χ3v) is 5.83. The summed E-state index contributed by atoms with van der Waals surface area (Å²) in [5.41, 5.74) is 0. The largest absolute Gasteiger partial charge is 0.412 e. The molecule has 0 bridgehead atoms. The molecule has 1 aliphatic heterocycles. The van der Waals surface area contributed by atoms with Gasteiger partial charge in [0.1, 0.15) is 6.61 Å². The number of nitrogens with zero attached hydrogens (tertiary/aromatic N) is 1. The van der Waals surface area contributed by atoms with E-state index in [9.17, 15) is 35.3 Å². The molecule has 0 spiro atoms. The Morgan fingerprint density at radius 1 is 1.04 bits per heavy atom. The summed E-state index contributed by atoms with van der Waals surface area (Å²) in [4.78, 5) is 0. The standard InChI is InChI=1S/C12H19F7NO3P/c1-8-4-3-5-9(2)20(8)24(21,23-7-12(17,18)19)22-6-11(15,16)10(13)14/h8-10H,3-7H2,1-2H3. The van der Waals surface area contributed by atoms with Crippen LogP contribution in [0.1, 0.15) is 33.1 Å². The summed E-state index contributed by atoms with van der Waals surface area (Å²) in [7, 11) is -4.84. The van der Waals surface area contributed by atoms with Gasteiger partial charge in [0, 0.05) is 12.1 Å². The van der Waals surface area contributed by atoms with Crippen molar-refractivity contribution in [1.82, 2.24) is 4.67 Å². The fourth-order valence-electron chi connectivity index (χ4n) is 2.45. The summed E-state index contributed by atoms with van der Waals surface area (Å²) >= 11 is 0. The number of piperidine rings is 1. The van der Waals surface area contributed by atoms with Crippen LogP contribution in [0.3, 0.4) is 0 Å². The van der Waals surface area contributed by atoms with Gasteiger partial charge in [0.05, 0.1) is 0 Å². The van der Waals surface area contributed by atoms with Crippen molar-refractivity contribution >= 4 is 7.75 Å². The van der Waals surface area contributed by atoms with Gasteiger partial charge in [-0.2, -0.15) is 22.0 Å². The Balaban J connectivity index is 3.00. The monoisotopic (exact) mass is 389 g/mol. The van der Waals surface area contributed by atoms with E-state index >= 15 is 0 Å². The van der Waals surface area contributed by atoms with Crippen molar-refractivity contribution in [2.75, 3.05) is 13.2 Å². The molecule has 0 amide bonds. The predicted molar refractivity (Wildman–Crippen MR) is 71.1 cm³/mol. The van der Waals surface area contributed by atoms with Gasteiger partial charge in [0.15, 0.2) is 6.61 Å². The van der Waals surface area contributed by atoms with Gasteiger partial charge in [0.25, 0.3) is 0 Å².